The first-order chi connectivity index (χ1) is 10.9. The number of amides is 2. The topological polar surface area (TPSA) is 81.4 Å². The maximum atomic E-state index is 13.7. The van der Waals surface area contributed by atoms with E-state index < -0.39 is 29.0 Å². The Morgan fingerprint density at radius 1 is 1.26 bits per heavy atom. The summed E-state index contributed by atoms with van der Waals surface area (Å²) >= 11 is 0. The Morgan fingerprint density at radius 2 is 1.96 bits per heavy atom. The Morgan fingerprint density at radius 3 is 2.61 bits per heavy atom. The third-order valence-electron chi connectivity index (χ3n) is 4.06. The molecular weight excluding hydrogens is 306 g/mol. The van der Waals surface area contributed by atoms with Crippen LogP contribution in [0.1, 0.15) is 43.0 Å². The van der Waals surface area contributed by atoms with Crippen molar-refractivity contribution >= 4 is 17.5 Å². The summed E-state index contributed by atoms with van der Waals surface area (Å²) in [6.45, 7) is 1.85. The van der Waals surface area contributed by atoms with Gasteiger partial charge in [-0.15, -0.1) is 0 Å². The molecule has 5 nitrogen and oxygen atoms in total. The molecule has 0 saturated heterocycles. The zero-order valence-corrected chi connectivity index (χ0v) is 12.9. The highest BCUT2D eigenvalue weighted by atomic mass is 19.1. The standard InChI is InChI=1S/C16H20F2N2O3/c1-9-4-2-3-5-14(9)23-8-15(21)20-13-6-10(16(19)22)11(17)7-12(13)18/h6-7,9,14H,2-5,8H2,1H3,(H2,19,22)(H,20,21)/t9-,14-/m1/s1. The second kappa shape index (κ2) is 7.50. The Bertz CT molecular complexity index is 607. The summed E-state index contributed by atoms with van der Waals surface area (Å²) < 4.78 is 32.6. The first kappa shape index (κ1) is 17.3. The molecule has 2 atom stereocenters. The van der Waals surface area contributed by atoms with Gasteiger partial charge in [0.25, 0.3) is 5.91 Å². The molecule has 1 aromatic carbocycles. The summed E-state index contributed by atoms with van der Waals surface area (Å²) in [6.07, 6.45) is 4.18. The number of nitrogens with two attached hydrogens (primary N) is 1. The van der Waals surface area contributed by atoms with Gasteiger partial charge in [-0.2, -0.15) is 0 Å². The van der Waals surface area contributed by atoms with Crippen LogP contribution < -0.4 is 11.1 Å². The fourth-order valence-electron chi connectivity index (χ4n) is 2.73. The predicted molar refractivity (Wildman–Crippen MR) is 80.9 cm³/mol. The van der Waals surface area contributed by atoms with E-state index in [1.807, 2.05) is 0 Å². The molecule has 2 rings (SSSR count). The fourth-order valence-corrected chi connectivity index (χ4v) is 2.73. The van der Waals surface area contributed by atoms with Crippen molar-refractivity contribution in [3.05, 3.63) is 29.3 Å². The minimum atomic E-state index is -1.07. The number of primary amides is 1. The van der Waals surface area contributed by atoms with E-state index in [9.17, 15) is 18.4 Å². The second-order valence-corrected chi connectivity index (χ2v) is 5.84. The molecule has 3 N–H and O–H groups in total. The quantitative estimate of drug-likeness (QED) is 0.872. The summed E-state index contributed by atoms with van der Waals surface area (Å²) in [5.41, 5.74) is 4.21. The third-order valence-corrected chi connectivity index (χ3v) is 4.06. The first-order valence-electron chi connectivity index (χ1n) is 7.58. The van der Waals surface area contributed by atoms with Crippen molar-refractivity contribution in [2.75, 3.05) is 11.9 Å². The Kier molecular flexibility index (Phi) is 5.65. The SMILES string of the molecule is C[C@@H]1CCCC[C@H]1OCC(=O)Nc1cc(C(N)=O)c(F)cc1F. The van der Waals surface area contributed by atoms with Crippen molar-refractivity contribution in [2.45, 2.75) is 38.7 Å². The Labute approximate surface area is 133 Å². The summed E-state index contributed by atoms with van der Waals surface area (Å²) in [5.74, 6) is -3.28. The first-order valence-corrected chi connectivity index (χ1v) is 7.58. The van der Waals surface area contributed by atoms with Crippen molar-refractivity contribution in [3.63, 3.8) is 0 Å². The number of ether oxygens (including phenoxy) is 1. The van der Waals surface area contributed by atoms with Crippen molar-refractivity contribution < 1.29 is 23.1 Å². The van der Waals surface area contributed by atoms with Gasteiger partial charge in [-0.3, -0.25) is 9.59 Å². The van der Waals surface area contributed by atoms with Crippen LogP contribution in [0.15, 0.2) is 12.1 Å². The number of rotatable bonds is 5. The van der Waals surface area contributed by atoms with Crippen molar-refractivity contribution in [2.24, 2.45) is 11.7 Å². The number of hydrogen-bond donors (Lipinski definition) is 2. The van der Waals surface area contributed by atoms with Crippen LogP contribution in [0.4, 0.5) is 14.5 Å². The van der Waals surface area contributed by atoms with Gasteiger partial charge in [-0.05, 0) is 24.8 Å². The largest absolute Gasteiger partial charge is 0.368 e. The molecule has 126 valence electrons. The minimum Gasteiger partial charge on any atom is -0.368 e. The number of benzene rings is 1. The highest BCUT2D eigenvalue weighted by Crippen LogP contribution is 2.26. The monoisotopic (exact) mass is 326 g/mol. The molecule has 7 heteroatoms. The second-order valence-electron chi connectivity index (χ2n) is 5.84. The number of carbonyl (C=O) groups excluding carboxylic acids is 2. The summed E-state index contributed by atoms with van der Waals surface area (Å²) in [6, 6.07) is 1.40. The van der Waals surface area contributed by atoms with Gasteiger partial charge in [0.15, 0.2) is 0 Å². The molecular formula is C16H20F2N2O3. The van der Waals surface area contributed by atoms with Crippen molar-refractivity contribution in [1.82, 2.24) is 0 Å². The normalized spacial score (nSPS) is 21.0. The van der Waals surface area contributed by atoms with Crippen LogP contribution in [0.2, 0.25) is 0 Å². The van der Waals surface area contributed by atoms with E-state index in [0.717, 1.165) is 31.7 Å². The molecule has 0 heterocycles. The highest BCUT2D eigenvalue weighted by Gasteiger charge is 2.23. The summed E-state index contributed by atoms with van der Waals surface area (Å²) in [4.78, 5) is 22.9. The van der Waals surface area contributed by atoms with Gasteiger partial charge in [-0.25, -0.2) is 8.78 Å². The zero-order chi connectivity index (χ0) is 17.0. The molecule has 1 saturated carbocycles. The molecule has 0 unspecified atom stereocenters. The van der Waals surface area contributed by atoms with Crippen LogP contribution in [0.3, 0.4) is 0 Å². The average Bonchev–Trinajstić information content (AvgIpc) is 2.49. The van der Waals surface area contributed by atoms with Gasteiger partial charge in [0.05, 0.1) is 17.4 Å². The predicted octanol–water partition coefficient (Wildman–Crippen LogP) is 2.60. The van der Waals surface area contributed by atoms with E-state index in [-0.39, 0.29) is 18.4 Å². The van der Waals surface area contributed by atoms with E-state index in [4.69, 9.17) is 10.5 Å². The Balaban J connectivity index is 1.97. The third kappa shape index (κ3) is 4.48. The van der Waals surface area contributed by atoms with Crippen LogP contribution in [-0.4, -0.2) is 24.5 Å². The lowest BCUT2D eigenvalue weighted by molar-refractivity contribution is -0.124. The number of halogens is 2. The van der Waals surface area contributed by atoms with E-state index in [1.165, 1.54) is 0 Å². The minimum absolute atomic E-state index is 0.00810. The molecule has 23 heavy (non-hydrogen) atoms. The summed E-state index contributed by atoms with van der Waals surface area (Å²) in [5, 5.41) is 2.27. The lowest BCUT2D eigenvalue weighted by Crippen LogP contribution is -2.30. The van der Waals surface area contributed by atoms with Crippen LogP contribution in [0.25, 0.3) is 0 Å². The number of anilines is 1. The molecule has 0 aliphatic heterocycles. The maximum Gasteiger partial charge on any atom is 0.251 e. The fraction of sp³-hybridized carbons (Fsp3) is 0.500. The molecule has 1 aromatic rings. The molecule has 2 amide bonds. The molecule has 1 aliphatic carbocycles. The zero-order valence-electron chi connectivity index (χ0n) is 12.9. The van der Waals surface area contributed by atoms with Gasteiger partial charge in [0, 0.05) is 6.07 Å². The molecule has 0 spiro atoms. The Hall–Kier alpha value is -2.02. The van der Waals surface area contributed by atoms with Gasteiger partial charge < -0.3 is 15.8 Å². The molecule has 0 radical (unpaired) electrons. The number of hydrogen-bond acceptors (Lipinski definition) is 3. The maximum absolute atomic E-state index is 13.7. The molecule has 0 aromatic heterocycles. The van der Waals surface area contributed by atoms with Crippen LogP contribution >= 0.6 is 0 Å². The highest BCUT2D eigenvalue weighted by molar-refractivity contribution is 5.96. The van der Waals surface area contributed by atoms with Crippen LogP contribution in [-0.2, 0) is 9.53 Å². The average molecular weight is 326 g/mol. The van der Waals surface area contributed by atoms with E-state index >= 15 is 0 Å². The van der Waals surface area contributed by atoms with Gasteiger partial charge >= 0.3 is 0 Å². The molecule has 1 fully saturated rings. The number of carbonyl (C=O) groups is 2. The van der Waals surface area contributed by atoms with E-state index in [2.05, 4.69) is 12.2 Å². The smallest absolute Gasteiger partial charge is 0.251 e. The van der Waals surface area contributed by atoms with Gasteiger partial charge in [-0.1, -0.05) is 19.8 Å². The van der Waals surface area contributed by atoms with Crippen LogP contribution in [0, 0.1) is 17.6 Å². The van der Waals surface area contributed by atoms with Crippen LogP contribution in [0.5, 0.6) is 0 Å². The van der Waals surface area contributed by atoms with Crippen molar-refractivity contribution in [3.8, 4) is 0 Å². The lowest BCUT2D eigenvalue weighted by Gasteiger charge is -2.28. The van der Waals surface area contributed by atoms with Gasteiger partial charge in [0.1, 0.15) is 18.2 Å². The lowest BCUT2D eigenvalue weighted by atomic mass is 9.88. The van der Waals surface area contributed by atoms with E-state index in [0.29, 0.717) is 12.0 Å². The summed E-state index contributed by atoms with van der Waals surface area (Å²) in [7, 11) is 0. The molecule has 1 aliphatic rings. The van der Waals surface area contributed by atoms with Gasteiger partial charge in [0.2, 0.25) is 5.91 Å². The number of nitrogens with one attached hydrogen (secondary N) is 1. The van der Waals surface area contributed by atoms with E-state index in [1.54, 1.807) is 0 Å². The van der Waals surface area contributed by atoms with Crippen molar-refractivity contribution in [1.29, 1.82) is 0 Å². The molecule has 0 bridgehead atoms.